The predicted octanol–water partition coefficient (Wildman–Crippen LogP) is 2.67. The lowest BCUT2D eigenvalue weighted by Crippen LogP contribution is -2.13. The van der Waals surface area contributed by atoms with Crippen molar-refractivity contribution in [2.75, 3.05) is 11.9 Å². The van der Waals surface area contributed by atoms with E-state index in [1.807, 2.05) is 0 Å². The number of rotatable bonds is 4. The van der Waals surface area contributed by atoms with Crippen LogP contribution in [0.2, 0.25) is 0 Å². The van der Waals surface area contributed by atoms with E-state index >= 15 is 0 Å². The smallest absolute Gasteiger partial charge is 0.150 e. The number of hydrogen-bond acceptors (Lipinski definition) is 2. The zero-order valence-corrected chi connectivity index (χ0v) is 10.3. The van der Waals surface area contributed by atoms with E-state index in [0.717, 1.165) is 18.6 Å². The van der Waals surface area contributed by atoms with E-state index in [1.165, 1.54) is 0 Å². The highest BCUT2D eigenvalue weighted by Gasteiger charge is 2.32. The molecule has 92 valence electrons. The van der Waals surface area contributed by atoms with Crippen LogP contribution in [-0.2, 0) is 0 Å². The molecule has 0 bridgehead atoms. The maximum Gasteiger partial charge on any atom is 0.150 e. The van der Waals surface area contributed by atoms with Crippen LogP contribution in [0.3, 0.4) is 0 Å². The Bertz CT molecular complexity index is 439. The van der Waals surface area contributed by atoms with Gasteiger partial charge in [-0.15, -0.1) is 0 Å². The highest BCUT2D eigenvalue weighted by atomic mass is 32.1. The van der Waals surface area contributed by atoms with Crippen molar-refractivity contribution in [1.82, 2.24) is 0 Å². The average molecular weight is 256 g/mol. The highest BCUT2D eigenvalue weighted by molar-refractivity contribution is 7.80. The van der Waals surface area contributed by atoms with Crippen molar-refractivity contribution in [3.05, 3.63) is 29.3 Å². The summed E-state index contributed by atoms with van der Waals surface area (Å²) in [5, 5.41) is 2.81. The molecule has 1 aromatic carbocycles. The number of benzene rings is 1. The first-order valence-corrected chi connectivity index (χ1v) is 5.92. The molecule has 0 spiro atoms. The topological polar surface area (TPSA) is 38.0 Å². The Morgan fingerprint density at radius 3 is 2.41 bits per heavy atom. The summed E-state index contributed by atoms with van der Waals surface area (Å²) in [6.07, 6.45) is 1.11. The van der Waals surface area contributed by atoms with E-state index in [2.05, 4.69) is 24.5 Å². The molecule has 2 nitrogen and oxygen atoms in total. The zero-order valence-electron chi connectivity index (χ0n) is 9.47. The first-order valence-electron chi connectivity index (χ1n) is 5.51. The average Bonchev–Trinajstić information content (AvgIpc) is 2.93. The minimum Gasteiger partial charge on any atom is -0.389 e. The molecule has 5 heteroatoms. The summed E-state index contributed by atoms with van der Waals surface area (Å²) in [5.41, 5.74) is 5.44. The van der Waals surface area contributed by atoms with Gasteiger partial charge in [-0.25, -0.2) is 8.78 Å². The number of anilines is 1. The van der Waals surface area contributed by atoms with E-state index in [4.69, 9.17) is 5.73 Å². The van der Waals surface area contributed by atoms with E-state index < -0.39 is 11.6 Å². The first-order chi connectivity index (χ1) is 7.99. The molecule has 17 heavy (non-hydrogen) atoms. The summed E-state index contributed by atoms with van der Waals surface area (Å²) in [5.74, 6) is -0.143. The largest absolute Gasteiger partial charge is 0.389 e. The van der Waals surface area contributed by atoms with E-state index in [1.54, 1.807) is 0 Å². The Morgan fingerprint density at radius 2 is 2.00 bits per heavy atom. The molecule has 1 fully saturated rings. The predicted molar refractivity (Wildman–Crippen MR) is 68.0 cm³/mol. The standard InChI is InChI=1S/C12H14F2N2S/c1-6-2-8(6)5-16-11-9(13)3-7(12(15)17)4-10(11)14/h3-4,6,8,16H,2,5H2,1H3,(H2,15,17). The Balaban J connectivity index is 2.13. The van der Waals surface area contributed by atoms with Gasteiger partial charge in [0.1, 0.15) is 22.3 Å². The number of nitrogens with one attached hydrogen (secondary N) is 1. The van der Waals surface area contributed by atoms with Gasteiger partial charge in [0.2, 0.25) is 0 Å². The summed E-state index contributed by atoms with van der Waals surface area (Å²) in [4.78, 5) is -0.00911. The molecule has 0 saturated heterocycles. The second-order valence-corrected chi connectivity index (χ2v) is 4.97. The van der Waals surface area contributed by atoms with Crippen LogP contribution in [-0.4, -0.2) is 11.5 Å². The van der Waals surface area contributed by atoms with Crippen molar-refractivity contribution in [3.63, 3.8) is 0 Å². The summed E-state index contributed by atoms with van der Waals surface area (Å²) in [6, 6.07) is 2.31. The summed E-state index contributed by atoms with van der Waals surface area (Å²) >= 11 is 4.68. The second-order valence-electron chi connectivity index (χ2n) is 4.53. The van der Waals surface area contributed by atoms with Gasteiger partial charge in [-0.1, -0.05) is 19.1 Å². The van der Waals surface area contributed by atoms with Crippen molar-refractivity contribution in [2.24, 2.45) is 17.6 Å². The van der Waals surface area contributed by atoms with Crippen molar-refractivity contribution in [3.8, 4) is 0 Å². The lowest BCUT2D eigenvalue weighted by Gasteiger charge is -2.10. The number of thiocarbonyl (C=S) groups is 1. The third-order valence-corrected chi connectivity index (χ3v) is 3.38. The van der Waals surface area contributed by atoms with Gasteiger partial charge in [0.25, 0.3) is 0 Å². The molecule has 0 radical (unpaired) electrons. The van der Waals surface area contributed by atoms with Crippen LogP contribution in [0.25, 0.3) is 0 Å². The van der Waals surface area contributed by atoms with Gasteiger partial charge in [0.05, 0.1) is 0 Å². The van der Waals surface area contributed by atoms with Crippen LogP contribution in [0.4, 0.5) is 14.5 Å². The molecule has 2 unspecified atom stereocenters. The Labute approximate surface area is 104 Å². The van der Waals surface area contributed by atoms with Gasteiger partial charge in [-0.05, 0) is 30.4 Å². The third-order valence-electron chi connectivity index (χ3n) is 3.14. The Hall–Kier alpha value is -1.23. The molecule has 1 aliphatic carbocycles. The second kappa shape index (κ2) is 4.56. The van der Waals surface area contributed by atoms with Gasteiger partial charge in [-0.2, -0.15) is 0 Å². The fourth-order valence-electron chi connectivity index (χ4n) is 1.80. The van der Waals surface area contributed by atoms with Gasteiger partial charge in [-0.3, -0.25) is 0 Å². The summed E-state index contributed by atoms with van der Waals surface area (Å²) in [7, 11) is 0. The molecule has 3 N–H and O–H groups in total. The molecular formula is C12H14F2N2S. The van der Waals surface area contributed by atoms with Crippen LogP contribution in [0.5, 0.6) is 0 Å². The van der Waals surface area contributed by atoms with Crippen LogP contribution >= 0.6 is 12.2 Å². The normalized spacial score (nSPS) is 22.3. The van der Waals surface area contributed by atoms with Crippen molar-refractivity contribution in [1.29, 1.82) is 0 Å². The third kappa shape index (κ3) is 2.72. The number of halogens is 2. The highest BCUT2D eigenvalue weighted by Crippen LogP contribution is 2.37. The Morgan fingerprint density at radius 1 is 1.47 bits per heavy atom. The lowest BCUT2D eigenvalue weighted by molar-refractivity contribution is 0.586. The molecular weight excluding hydrogens is 242 g/mol. The Kier molecular flexibility index (Phi) is 3.28. The molecule has 0 amide bonds. The van der Waals surface area contributed by atoms with Crippen LogP contribution < -0.4 is 11.1 Å². The molecule has 1 aromatic rings. The molecule has 0 heterocycles. The van der Waals surface area contributed by atoms with E-state index in [9.17, 15) is 8.78 Å². The van der Waals surface area contributed by atoms with Gasteiger partial charge in [0.15, 0.2) is 0 Å². The lowest BCUT2D eigenvalue weighted by atomic mass is 10.2. The molecule has 2 atom stereocenters. The van der Waals surface area contributed by atoms with E-state index in [-0.39, 0.29) is 16.2 Å². The van der Waals surface area contributed by atoms with Gasteiger partial charge in [0, 0.05) is 12.1 Å². The molecule has 2 rings (SSSR count). The van der Waals surface area contributed by atoms with Gasteiger partial charge < -0.3 is 11.1 Å². The fourth-order valence-corrected chi connectivity index (χ4v) is 1.92. The fraction of sp³-hybridized carbons (Fsp3) is 0.417. The molecule has 1 saturated carbocycles. The molecule has 1 aliphatic rings. The maximum atomic E-state index is 13.6. The minimum absolute atomic E-state index is 0.00911. The number of nitrogens with two attached hydrogens (primary N) is 1. The van der Waals surface area contributed by atoms with Crippen LogP contribution in [0.15, 0.2) is 12.1 Å². The van der Waals surface area contributed by atoms with Gasteiger partial charge >= 0.3 is 0 Å². The molecule has 0 aliphatic heterocycles. The summed E-state index contributed by atoms with van der Waals surface area (Å²) in [6.45, 7) is 2.72. The SMILES string of the molecule is CC1CC1CNc1c(F)cc(C(N)=S)cc1F. The van der Waals surface area contributed by atoms with Crippen molar-refractivity contribution >= 4 is 22.9 Å². The summed E-state index contributed by atoms with van der Waals surface area (Å²) < 4.78 is 27.2. The quantitative estimate of drug-likeness (QED) is 0.813. The first kappa shape index (κ1) is 12.2. The van der Waals surface area contributed by atoms with Crippen LogP contribution in [0.1, 0.15) is 18.9 Å². The van der Waals surface area contributed by atoms with Crippen molar-refractivity contribution in [2.45, 2.75) is 13.3 Å². The monoisotopic (exact) mass is 256 g/mol. The minimum atomic E-state index is -0.652. The van der Waals surface area contributed by atoms with E-state index in [0.29, 0.717) is 18.4 Å². The van der Waals surface area contributed by atoms with Crippen LogP contribution in [0, 0.1) is 23.5 Å². The maximum absolute atomic E-state index is 13.6. The zero-order chi connectivity index (χ0) is 12.6. The van der Waals surface area contributed by atoms with Crippen molar-refractivity contribution < 1.29 is 8.78 Å². The number of hydrogen-bond donors (Lipinski definition) is 2. The molecule has 0 aromatic heterocycles.